The van der Waals surface area contributed by atoms with Crippen molar-refractivity contribution in [2.24, 2.45) is 0 Å². The zero-order valence-corrected chi connectivity index (χ0v) is 12.5. The van der Waals surface area contributed by atoms with E-state index in [1.54, 1.807) is 24.3 Å². The van der Waals surface area contributed by atoms with Crippen molar-refractivity contribution < 1.29 is 19.0 Å². The smallest absolute Gasteiger partial charge is 0.179 e. The minimum absolute atomic E-state index is 0.281. The number of ether oxygens (including phenoxy) is 2. The number of aliphatic hydroxyl groups is 1. The number of benzene rings is 2. The first-order chi connectivity index (χ1) is 10.0. The summed E-state index contributed by atoms with van der Waals surface area (Å²) in [5, 5.41) is 10.6. The molecule has 1 unspecified atom stereocenters. The molecule has 0 fully saturated rings. The Kier molecular flexibility index (Phi) is 5.04. The molecule has 0 spiro atoms. The van der Waals surface area contributed by atoms with Gasteiger partial charge in [-0.2, -0.15) is 0 Å². The molecule has 0 heterocycles. The van der Waals surface area contributed by atoms with Gasteiger partial charge in [0.05, 0.1) is 25.3 Å². The molecule has 0 aliphatic carbocycles. The Labute approximate surface area is 127 Å². The largest absolute Gasteiger partial charge is 0.493 e. The van der Waals surface area contributed by atoms with E-state index < -0.39 is 6.10 Å². The molecule has 0 saturated carbocycles. The van der Waals surface area contributed by atoms with E-state index in [1.807, 2.05) is 0 Å². The van der Waals surface area contributed by atoms with E-state index in [0.29, 0.717) is 27.6 Å². The molecule has 0 amide bonds. The molecular weight excluding hydrogens is 295 g/mol. The summed E-state index contributed by atoms with van der Waals surface area (Å²) in [6.07, 6.45) is -0.534. The summed E-state index contributed by atoms with van der Waals surface area (Å²) in [5.41, 5.74) is 1.29. The van der Waals surface area contributed by atoms with Crippen molar-refractivity contribution in [2.45, 2.75) is 12.5 Å². The summed E-state index contributed by atoms with van der Waals surface area (Å²) < 4.78 is 23.5. The van der Waals surface area contributed by atoms with Gasteiger partial charge in [0.15, 0.2) is 11.5 Å². The number of methoxy groups -OCH3 is 2. The Bertz CT molecular complexity index is 631. The van der Waals surface area contributed by atoms with Crippen LogP contribution in [-0.4, -0.2) is 19.3 Å². The van der Waals surface area contributed by atoms with Crippen LogP contribution in [0.5, 0.6) is 11.5 Å². The fourth-order valence-corrected chi connectivity index (χ4v) is 2.43. The van der Waals surface area contributed by atoms with Crippen LogP contribution < -0.4 is 9.47 Å². The monoisotopic (exact) mass is 310 g/mol. The molecule has 0 aliphatic heterocycles. The van der Waals surface area contributed by atoms with Gasteiger partial charge in [0.1, 0.15) is 5.82 Å². The van der Waals surface area contributed by atoms with Crippen LogP contribution in [0.3, 0.4) is 0 Å². The van der Waals surface area contributed by atoms with Gasteiger partial charge in [-0.1, -0.05) is 23.7 Å². The number of hydrogen-bond acceptors (Lipinski definition) is 3. The second-order valence-corrected chi connectivity index (χ2v) is 5.00. The Morgan fingerprint density at radius 3 is 2.57 bits per heavy atom. The van der Waals surface area contributed by atoms with E-state index >= 15 is 0 Å². The molecule has 0 radical (unpaired) electrons. The highest BCUT2D eigenvalue weighted by Crippen LogP contribution is 2.38. The van der Waals surface area contributed by atoms with Crippen LogP contribution in [-0.2, 0) is 6.42 Å². The minimum Gasteiger partial charge on any atom is -0.493 e. The third-order valence-corrected chi connectivity index (χ3v) is 3.44. The molecule has 0 aromatic heterocycles. The molecule has 1 atom stereocenters. The van der Waals surface area contributed by atoms with E-state index in [-0.39, 0.29) is 12.2 Å². The van der Waals surface area contributed by atoms with Crippen LogP contribution in [0.4, 0.5) is 4.39 Å². The first-order valence-electron chi connectivity index (χ1n) is 6.39. The van der Waals surface area contributed by atoms with E-state index in [0.717, 1.165) is 0 Å². The fourth-order valence-electron chi connectivity index (χ4n) is 2.14. The molecule has 5 heteroatoms. The van der Waals surface area contributed by atoms with Crippen molar-refractivity contribution in [3.63, 3.8) is 0 Å². The lowest BCUT2D eigenvalue weighted by Crippen LogP contribution is -2.03. The predicted molar refractivity (Wildman–Crippen MR) is 79.6 cm³/mol. The van der Waals surface area contributed by atoms with Crippen LogP contribution in [0.1, 0.15) is 17.2 Å². The van der Waals surface area contributed by atoms with Gasteiger partial charge < -0.3 is 14.6 Å². The molecule has 112 valence electrons. The molecule has 0 saturated heterocycles. The van der Waals surface area contributed by atoms with Crippen molar-refractivity contribution in [3.8, 4) is 11.5 Å². The maximum Gasteiger partial charge on any atom is 0.179 e. The van der Waals surface area contributed by atoms with Gasteiger partial charge in [0.2, 0.25) is 0 Å². The van der Waals surface area contributed by atoms with Crippen molar-refractivity contribution in [3.05, 3.63) is 58.4 Å². The molecule has 0 bridgehead atoms. The van der Waals surface area contributed by atoms with E-state index in [2.05, 4.69) is 0 Å². The summed E-state index contributed by atoms with van der Waals surface area (Å²) in [7, 11) is 2.99. The summed E-state index contributed by atoms with van der Waals surface area (Å²) >= 11 is 6.11. The van der Waals surface area contributed by atoms with Crippen molar-refractivity contribution >= 4 is 11.6 Å². The van der Waals surface area contributed by atoms with Gasteiger partial charge in [-0.05, 0) is 35.4 Å². The van der Waals surface area contributed by atoms with Crippen molar-refractivity contribution in [2.75, 3.05) is 14.2 Å². The minimum atomic E-state index is -0.816. The first kappa shape index (κ1) is 15.6. The third-order valence-electron chi connectivity index (χ3n) is 3.16. The van der Waals surface area contributed by atoms with E-state index in [4.69, 9.17) is 21.1 Å². The van der Waals surface area contributed by atoms with Gasteiger partial charge in [-0.15, -0.1) is 0 Å². The molecule has 2 aromatic carbocycles. The number of aliphatic hydroxyl groups excluding tert-OH is 1. The highest BCUT2D eigenvalue weighted by Gasteiger charge is 2.16. The second-order valence-electron chi connectivity index (χ2n) is 4.59. The highest BCUT2D eigenvalue weighted by atomic mass is 35.5. The van der Waals surface area contributed by atoms with Crippen LogP contribution in [0.2, 0.25) is 5.02 Å². The topological polar surface area (TPSA) is 38.7 Å². The van der Waals surface area contributed by atoms with Crippen molar-refractivity contribution in [1.82, 2.24) is 0 Å². The number of hydrogen-bond donors (Lipinski definition) is 1. The molecule has 3 nitrogen and oxygen atoms in total. The van der Waals surface area contributed by atoms with Gasteiger partial charge in [-0.3, -0.25) is 0 Å². The first-order valence-corrected chi connectivity index (χ1v) is 6.77. The summed E-state index contributed by atoms with van der Waals surface area (Å²) in [6.45, 7) is 0. The molecule has 21 heavy (non-hydrogen) atoms. The van der Waals surface area contributed by atoms with E-state index in [9.17, 15) is 9.50 Å². The standard InChI is InChI=1S/C16H16ClFO3/c1-20-15-9-11(8-13(17)16(15)21-2)14(19)7-10-4-3-5-12(18)6-10/h3-6,8-9,14,19H,7H2,1-2H3. The molecule has 1 N–H and O–H groups in total. The Hall–Kier alpha value is -1.78. The summed E-state index contributed by atoms with van der Waals surface area (Å²) in [6, 6.07) is 9.41. The lowest BCUT2D eigenvalue weighted by Gasteiger charge is -2.15. The van der Waals surface area contributed by atoms with Crippen LogP contribution in [0.15, 0.2) is 36.4 Å². The second kappa shape index (κ2) is 6.78. The summed E-state index contributed by atoms with van der Waals surface area (Å²) in [4.78, 5) is 0. The quantitative estimate of drug-likeness (QED) is 0.913. The van der Waals surface area contributed by atoms with Gasteiger partial charge >= 0.3 is 0 Å². The van der Waals surface area contributed by atoms with Gasteiger partial charge in [0.25, 0.3) is 0 Å². The van der Waals surface area contributed by atoms with Crippen LogP contribution in [0, 0.1) is 5.82 Å². The Morgan fingerprint density at radius 1 is 1.19 bits per heavy atom. The maximum absolute atomic E-state index is 13.2. The van der Waals surface area contributed by atoms with Crippen molar-refractivity contribution in [1.29, 1.82) is 0 Å². The van der Waals surface area contributed by atoms with Gasteiger partial charge in [0, 0.05) is 6.42 Å². The molecule has 0 aliphatic rings. The van der Waals surface area contributed by atoms with E-state index in [1.165, 1.54) is 26.4 Å². The lowest BCUT2D eigenvalue weighted by molar-refractivity contribution is 0.178. The Balaban J connectivity index is 2.27. The normalized spacial score (nSPS) is 12.0. The molecular formula is C16H16ClFO3. The van der Waals surface area contributed by atoms with Crippen LogP contribution >= 0.6 is 11.6 Å². The third kappa shape index (κ3) is 3.65. The Morgan fingerprint density at radius 2 is 1.95 bits per heavy atom. The predicted octanol–water partition coefficient (Wildman–Crippen LogP) is 3.77. The molecule has 2 aromatic rings. The zero-order valence-electron chi connectivity index (χ0n) is 11.8. The highest BCUT2D eigenvalue weighted by molar-refractivity contribution is 6.32. The fraction of sp³-hybridized carbons (Fsp3) is 0.250. The molecule has 2 rings (SSSR count). The zero-order chi connectivity index (χ0) is 15.4. The number of rotatable bonds is 5. The number of halogens is 2. The van der Waals surface area contributed by atoms with Crippen LogP contribution in [0.25, 0.3) is 0 Å². The lowest BCUT2D eigenvalue weighted by atomic mass is 10.0. The average Bonchev–Trinajstić information content (AvgIpc) is 2.46. The average molecular weight is 311 g/mol. The maximum atomic E-state index is 13.2. The van der Waals surface area contributed by atoms with Gasteiger partial charge in [-0.25, -0.2) is 4.39 Å². The SMILES string of the molecule is COc1cc(C(O)Cc2cccc(F)c2)cc(Cl)c1OC. The summed E-state index contributed by atoms with van der Waals surface area (Å²) in [5.74, 6) is 0.532.